The molecule has 0 aromatic rings. The Morgan fingerprint density at radius 3 is 2.09 bits per heavy atom. The van der Waals surface area contributed by atoms with Crippen molar-refractivity contribution in [3.63, 3.8) is 0 Å². The van der Waals surface area contributed by atoms with Crippen LogP contribution in [0.3, 0.4) is 0 Å². The first kappa shape index (κ1) is 20.3. The Kier molecular flexibility index (Phi) is 11.1. The highest BCUT2D eigenvalue weighted by molar-refractivity contribution is 5.70. The monoisotopic (exact) mass is 322 g/mol. The van der Waals surface area contributed by atoms with Gasteiger partial charge >= 0.3 is 5.97 Å². The number of hydrogen-bond acceptors (Lipinski definition) is 2. The van der Waals surface area contributed by atoms with Gasteiger partial charge in [0.2, 0.25) is 0 Å². The molecule has 0 saturated heterocycles. The van der Waals surface area contributed by atoms with Crippen LogP contribution in [0.25, 0.3) is 0 Å². The van der Waals surface area contributed by atoms with Crippen molar-refractivity contribution >= 4 is 5.97 Å². The summed E-state index contributed by atoms with van der Waals surface area (Å²) in [6.07, 6.45) is 18.2. The lowest BCUT2D eigenvalue weighted by atomic mass is 10.0. The minimum atomic E-state index is -0.0589. The minimum absolute atomic E-state index is 0.0589. The Hall–Kier alpha value is -0.790. The molecular weight excluding hydrogens is 284 g/mol. The van der Waals surface area contributed by atoms with Gasteiger partial charge in [0.05, 0.1) is 0 Å². The van der Waals surface area contributed by atoms with Crippen molar-refractivity contribution < 1.29 is 9.53 Å². The number of allylic oxidation sites excluding steroid dienone is 2. The zero-order valence-corrected chi connectivity index (χ0v) is 15.7. The van der Waals surface area contributed by atoms with Crippen LogP contribution in [-0.2, 0) is 9.53 Å². The first-order chi connectivity index (χ1) is 11.1. The summed E-state index contributed by atoms with van der Waals surface area (Å²) in [4.78, 5) is 12.0. The molecule has 0 amide bonds. The first-order valence-corrected chi connectivity index (χ1v) is 9.99. The van der Waals surface area contributed by atoms with Gasteiger partial charge in [-0.15, -0.1) is 0 Å². The van der Waals surface area contributed by atoms with Crippen molar-refractivity contribution in [2.24, 2.45) is 11.8 Å². The zero-order valence-electron chi connectivity index (χ0n) is 15.7. The molecule has 1 aliphatic rings. The fourth-order valence-corrected chi connectivity index (χ4v) is 3.27. The Balaban J connectivity index is 2.55. The molecule has 1 aliphatic carbocycles. The number of carbonyl (C=O) groups is 1. The molecule has 2 nitrogen and oxygen atoms in total. The topological polar surface area (TPSA) is 26.3 Å². The second-order valence-corrected chi connectivity index (χ2v) is 7.76. The standard InChI is InChI=1S/C21H38O2/c1-18(2)16-21(22)23-20-15-13-11-9-7-5-4-6-8-10-12-14-19(3)17-20/h17-19H,4-16H2,1-3H3/b20-17-. The number of hydrogen-bond donors (Lipinski definition) is 0. The van der Waals surface area contributed by atoms with Crippen molar-refractivity contribution in [1.29, 1.82) is 0 Å². The summed E-state index contributed by atoms with van der Waals surface area (Å²) in [7, 11) is 0. The first-order valence-electron chi connectivity index (χ1n) is 9.99. The molecule has 0 aromatic carbocycles. The van der Waals surface area contributed by atoms with Crippen LogP contribution in [0.4, 0.5) is 0 Å². The quantitative estimate of drug-likeness (QED) is 0.535. The van der Waals surface area contributed by atoms with E-state index >= 15 is 0 Å². The Morgan fingerprint density at radius 2 is 1.52 bits per heavy atom. The maximum absolute atomic E-state index is 12.0. The maximum atomic E-state index is 12.0. The third-order valence-electron chi connectivity index (χ3n) is 4.62. The molecular formula is C21H38O2. The van der Waals surface area contributed by atoms with E-state index in [1.54, 1.807) is 0 Å². The Bertz CT molecular complexity index is 344. The van der Waals surface area contributed by atoms with Crippen molar-refractivity contribution in [1.82, 2.24) is 0 Å². The van der Waals surface area contributed by atoms with Crippen molar-refractivity contribution in [3.8, 4) is 0 Å². The van der Waals surface area contributed by atoms with E-state index in [2.05, 4.69) is 26.8 Å². The summed E-state index contributed by atoms with van der Waals surface area (Å²) in [5.74, 6) is 1.75. The molecule has 1 rings (SSSR count). The molecule has 0 heterocycles. The summed E-state index contributed by atoms with van der Waals surface area (Å²) >= 11 is 0. The average Bonchev–Trinajstić information content (AvgIpc) is 2.47. The van der Waals surface area contributed by atoms with E-state index in [9.17, 15) is 4.79 Å². The lowest BCUT2D eigenvalue weighted by Gasteiger charge is -2.13. The van der Waals surface area contributed by atoms with Gasteiger partial charge in [0.1, 0.15) is 5.76 Å². The minimum Gasteiger partial charge on any atom is -0.431 e. The molecule has 0 bridgehead atoms. The second kappa shape index (κ2) is 12.6. The van der Waals surface area contributed by atoms with Gasteiger partial charge < -0.3 is 4.74 Å². The maximum Gasteiger partial charge on any atom is 0.311 e. The number of carbonyl (C=O) groups excluding carboxylic acids is 1. The molecule has 0 fully saturated rings. The molecule has 2 heteroatoms. The third-order valence-corrected chi connectivity index (χ3v) is 4.62. The molecule has 134 valence electrons. The molecule has 0 spiro atoms. The van der Waals surface area contributed by atoms with Gasteiger partial charge in [-0.25, -0.2) is 0 Å². The summed E-state index contributed by atoms with van der Waals surface area (Å²) in [5, 5.41) is 0. The average molecular weight is 323 g/mol. The van der Waals surface area contributed by atoms with E-state index < -0.39 is 0 Å². The normalized spacial score (nSPS) is 25.0. The number of ether oxygens (including phenoxy) is 1. The van der Waals surface area contributed by atoms with Crippen molar-refractivity contribution in [2.45, 2.75) is 104 Å². The van der Waals surface area contributed by atoms with E-state index in [4.69, 9.17) is 4.74 Å². The van der Waals surface area contributed by atoms with Gasteiger partial charge in [-0.1, -0.05) is 78.6 Å². The lowest BCUT2D eigenvalue weighted by Crippen LogP contribution is -2.09. The predicted molar refractivity (Wildman–Crippen MR) is 98.2 cm³/mol. The van der Waals surface area contributed by atoms with Crippen molar-refractivity contribution in [3.05, 3.63) is 11.8 Å². The fourth-order valence-electron chi connectivity index (χ4n) is 3.27. The smallest absolute Gasteiger partial charge is 0.311 e. The van der Waals surface area contributed by atoms with E-state index in [0.717, 1.165) is 18.6 Å². The summed E-state index contributed by atoms with van der Waals surface area (Å²) in [6, 6.07) is 0. The van der Waals surface area contributed by atoms with Crippen LogP contribution in [0.2, 0.25) is 0 Å². The van der Waals surface area contributed by atoms with Gasteiger partial charge in [0.25, 0.3) is 0 Å². The van der Waals surface area contributed by atoms with Gasteiger partial charge in [0.15, 0.2) is 0 Å². The van der Waals surface area contributed by atoms with Gasteiger partial charge in [-0.3, -0.25) is 4.79 Å². The van der Waals surface area contributed by atoms with Gasteiger partial charge in [-0.05, 0) is 30.8 Å². The molecule has 0 aliphatic heterocycles. The van der Waals surface area contributed by atoms with E-state index in [-0.39, 0.29) is 5.97 Å². The van der Waals surface area contributed by atoms with Crippen LogP contribution in [0.15, 0.2) is 11.8 Å². The summed E-state index contributed by atoms with van der Waals surface area (Å²) in [6.45, 7) is 6.39. The SMILES string of the molecule is CC(C)CC(=O)O/C1=C\C(C)CCCCCCCCCCCC1. The summed E-state index contributed by atoms with van der Waals surface area (Å²) < 4.78 is 5.68. The largest absolute Gasteiger partial charge is 0.431 e. The van der Waals surface area contributed by atoms with Crippen LogP contribution in [0.5, 0.6) is 0 Å². The van der Waals surface area contributed by atoms with Gasteiger partial charge in [0, 0.05) is 12.8 Å². The number of esters is 1. The van der Waals surface area contributed by atoms with E-state index in [1.165, 1.54) is 64.2 Å². The Labute approximate surface area is 144 Å². The molecule has 0 radical (unpaired) electrons. The van der Waals surface area contributed by atoms with E-state index in [0.29, 0.717) is 18.3 Å². The molecule has 0 N–H and O–H groups in total. The molecule has 1 unspecified atom stereocenters. The number of rotatable bonds is 3. The highest BCUT2D eigenvalue weighted by atomic mass is 16.5. The molecule has 0 aromatic heterocycles. The van der Waals surface area contributed by atoms with E-state index in [1.807, 2.05) is 0 Å². The highest BCUT2D eigenvalue weighted by Crippen LogP contribution is 2.21. The van der Waals surface area contributed by atoms with Crippen LogP contribution >= 0.6 is 0 Å². The van der Waals surface area contributed by atoms with Crippen LogP contribution in [0, 0.1) is 11.8 Å². The Morgan fingerprint density at radius 1 is 1.00 bits per heavy atom. The van der Waals surface area contributed by atoms with Crippen LogP contribution in [0.1, 0.15) is 104 Å². The third kappa shape index (κ3) is 11.4. The fraction of sp³-hybridized carbons (Fsp3) is 0.857. The predicted octanol–water partition coefficient (Wildman–Crippen LogP) is 6.79. The van der Waals surface area contributed by atoms with Crippen molar-refractivity contribution in [2.75, 3.05) is 0 Å². The van der Waals surface area contributed by atoms with Crippen LogP contribution in [-0.4, -0.2) is 5.97 Å². The lowest BCUT2D eigenvalue weighted by molar-refractivity contribution is -0.140. The molecule has 1 atom stereocenters. The van der Waals surface area contributed by atoms with Crippen LogP contribution < -0.4 is 0 Å². The molecule has 23 heavy (non-hydrogen) atoms. The molecule has 0 saturated carbocycles. The second-order valence-electron chi connectivity index (χ2n) is 7.76. The van der Waals surface area contributed by atoms with Gasteiger partial charge in [-0.2, -0.15) is 0 Å². The highest BCUT2D eigenvalue weighted by Gasteiger charge is 2.11. The zero-order chi connectivity index (χ0) is 16.9. The summed E-state index contributed by atoms with van der Waals surface area (Å²) in [5.41, 5.74) is 0.